The first-order valence-corrected chi connectivity index (χ1v) is 9.79. The average Bonchev–Trinajstić information content (AvgIpc) is 2.89. The highest BCUT2D eigenvalue weighted by Gasteiger charge is 2.52. The van der Waals surface area contributed by atoms with E-state index in [-0.39, 0.29) is 15.7 Å². The van der Waals surface area contributed by atoms with E-state index in [0.29, 0.717) is 5.56 Å². The highest BCUT2D eigenvalue weighted by molar-refractivity contribution is 7.89. The second-order valence-corrected chi connectivity index (χ2v) is 9.73. The van der Waals surface area contributed by atoms with E-state index in [0.717, 1.165) is 4.31 Å². The molecule has 0 spiro atoms. The molecule has 2 N–H and O–H groups in total. The van der Waals surface area contributed by atoms with Crippen LogP contribution in [0.5, 0.6) is 0 Å². The van der Waals surface area contributed by atoms with Gasteiger partial charge in [0.25, 0.3) is 5.91 Å². The van der Waals surface area contributed by atoms with E-state index in [2.05, 4.69) is 10.5 Å². The van der Waals surface area contributed by atoms with Crippen LogP contribution in [0.25, 0.3) is 0 Å². The molecule has 1 atom stereocenters. The highest BCUT2D eigenvalue weighted by Crippen LogP contribution is 2.27. The van der Waals surface area contributed by atoms with E-state index >= 15 is 0 Å². The van der Waals surface area contributed by atoms with E-state index < -0.39 is 33.2 Å². The van der Waals surface area contributed by atoms with Crippen molar-refractivity contribution in [2.24, 2.45) is 5.10 Å². The molecule has 0 saturated carbocycles. The molecule has 0 saturated heterocycles. The van der Waals surface area contributed by atoms with Gasteiger partial charge in [0, 0.05) is 19.7 Å². The molecule has 1 unspecified atom stereocenters. The highest BCUT2D eigenvalue weighted by atomic mass is 32.2. The van der Waals surface area contributed by atoms with Crippen molar-refractivity contribution in [3.8, 4) is 0 Å². The van der Waals surface area contributed by atoms with E-state index in [4.69, 9.17) is 4.74 Å². The van der Waals surface area contributed by atoms with Gasteiger partial charge in [-0.2, -0.15) is 10.2 Å². The lowest BCUT2D eigenvalue weighted by atomic mass is 9.90. The van der Waals surface area contributed by atoms with E-state index in [1.54, 1.807) is 20.8 Å². The Bertz CT molecular complexity index is 918. The fraction of sp³-hybridized carbons (Fsp3) is 0.471. The van der Waals surface area contributed by atoms with E-state index in [1.165, 1.54) is 45.3 Å². The number of nitrogens with one attached hydrogen (secondary N) is 1. The van der Waals surface area contributed by atoms with E-state index in [9.17, 15) is 23.2 Å². The largest absolute Gasteiger partial charge is 0.442 e. The summed E-state index contributed by atoms with van der Waals surface area (Å²) in [6.07, 6.45) is -1.12. The van der Waals surface area contributed by atoms with Crippen LogP contribution in [0.15, 0.2) is 34.3 Å². The lowest BCUT2D eigenvalue weighted by Gasteiger charge is -2.33. The van der Waals surface area contributed by atoms with Gasteiger partial charge in [0.2, 0.25) is 10.0 Å². The molecule has 1 aromatic rings. The number of rotatable bonds is 4. The lowest BCUT2D eigenvalue weighted by molar-refractivity contribution is -0.155. The molecule has 1 heterocycles. The molecule has 28 heavy (non-hydrogen) atoms. The maximum atomic E-state index is 12.4. The van der Waals surface area contributed by atoms with Crippen LogP contribution in [0, 0.1) is 0 Å². The van der Waals surface area contributed by atoms with Gasteiger partial charge in [0.15, 0.2) is 5.54 Å². The Morgan fingerprint density at radius 1 is 1.21 bits per heavy atom. The molecule has 11 heteroatoms. The predicted molar refractivity (Wildman–Crippen MR) is 100 cm³/mol. The summed E-state index contributed by atoms with van der Waals surface area (Å²) in [6.45, 7) is 6.17. The second-order valence-electron chi connectivity index (χ2n) is 7.58. The van der Waals surface area contributed by atoms with Crippen molar-refractivity contribution in [1.82, 2.24) is 14.8 Å². The van der Waals surface area contributed by atoms with Gasteiger partial charge >= 0.3 is 6.09 Å². The topological polar surface area (TPSA) is 129 Å². The Morgan fingerprint density at radius 3 is 2.21 bits per heavy atom. The minimum atomic E-state index is -3.63. The predicted octanol–water partition coefficient (Wildman–Crippen LogP) is 1.16. The fourth-order valence-corrected chi connectivity index (χ4v) is 3.36. The third-order valence-electron chi connectivity index (χ3n) is 4.07. The first-order chi connectivity index (χ1) is 12.7. The van der Waals surface area contributed by atoms with Crippen molar-refractivity contribution in [3.05, 3.63) is 29.8 Å². The Labute approximate surface area is 163 Å². The number of hydrazone groups is 1. The summed E-state index contributed by atoms with van der Waals surface area (Å²) in [4.78, 5) is 24.7. The smallest absolute Gasteiger partial charge is 0.435 e. The molecule has 2 amide bonds. The molecule has 0 fully saturated rings. The number of hydrogen-bond acceptors (Lipinski definition) is 7. The van der Waals surface area contributed by atoms with Crippen LogP contribution in [0.2, 0.25) is 0 Å². The zero-order chi connectivity index (χ0) is 21.5. The number of ether oxygens (including phenoxy) is 1. The third kappa shape index (κ3) is 3.86. The van der Waals surface area contributed by atoms with Crippen LogP contribution < -0.4 is 5.43 Å². The quantitative estimate of drug-likeness (QED) is 0.564. The Hall–Kier alpha value is -2.50. The molecule has 0 aliphatic carbocycles. The minimum absolute atomic E-state index is 0.0414. The van der Waals surface area contributed by atoms with Crippen molar-refractivity contribution in [2.75, 3.05) is 14.1 Å². The molecule has 1 aliphatic rings. The average molecular weight is 412 g/mol. The number of benzene rings is 1. The number of hydroxylamine groups is 2. The van der Waals surface area contributed by atoms with Gasteiger partial charge in [-0.05, 0) is 39.8 Å². The van der Waals surface area contributed by atoms with Crippen LogP contribution in [-0.4, -0.2) is 65.9 Å². The fourth-order valence-electron chi connectivity index (χ4n) is 2.46. The normalized spacial score (nSPS) is 20.0. The first kappa shape index (κ1) is 21.8. The molecular weight excluding hydrogens is 388 g/mol. The minimum Gasteiger partial charge on any atom is -0.442 e. The van der Waals surface area contributed by atoms with Gasteiger partial charge in [-0.25, -0.2) is 22.9 Å². The molecule has 0 bridgehead atoms. The number of carbonyl (C=O) groups excluding carboxylic acids is 2. The van der Waals surface area contributed by atoms with Crippen LogP contribution in [0.1, 0.15) is 33.3 Å². The Morgan fingerprint density at radius 2 is 1.75 bits per heavy atom. The zero-order valence-corrected chi connectivity index (χ0v) is 17.4. The van der Waals surface area contributed by atoms with Crippen molar-refractivity contribution < 1.29 is 28.0 Å². The lowest BCUT2D eigenvalue weighted by Crippen LogP contribution is -2.59. The van der Waals surface area contributed by atoms with Crippen LogP contribution >= 0.6 is 0 Å². The maximum absolute atomic E-state index is 12.4. The first-order valence-electron chi connectivity index (χ1n) is 8.35. The number of nitrogens with zero attached hydrogens (tertiary/aromatic N) is 3. The second kappa shape index (κ2) is 7.15. The molecule has 1 aromatic carbocycles. The Kier molecular flexibility index (Phi) is 5.57. The van der Waals surface area contributed by atoms with Crippen LogP contribution in [-0.2, 0) is 19.6 Å². The SMILES string of the molecule is CN(C)S(=O)(=O)c1ccc(C2=NNC(=O)C2(C)N(O)C(=O)OC(C)(C)C)cc1. The summed E-state index contributed by atoms with van der Waals surface area (Å²) in [7, 11) is -0.808. The summed E-state index contributed by atoms with van der Waals surface area (Å²) in [5.74, 6) is -0.735. The molecule has 1 aliphatic heterocycles. The number of hydrogen-bond donors (Lipinski definition) is 2. The summed E-state index contributed by atoms with van der Waals surface area (Å²) in [5.41, 5.74) is -0.120. The zero-order valence-electron chi connectivity index (χ0n) is 16.5. The maximum Gasteiger partial charge on any atom is 0.435 e. The van der Waals surface area contributed by atoms with Gasteiger partial charge in [-0.1, -0.05) is 12.1 Å². The van der Waals surface area contributed by atoms with Gasteiger partial charge < -0.3 is 4.74 Å². The van der Waals surface area contributed by atoms with E-state index in [1.807, 2.05) is 0 Å². The molecule has 2 rings (SSSR count). The number of sulfonamides is 1. The molecule has 10 nitrogen and oxygen atoms in total. The standard InChI is InChI=1S/C17H24N4O6S/c1-16(2,3)27-15(23)21(24)17(4)13(18-19-14(17)22)11-7-9-12(10-8-11)28(25,26)20(5)6/h7-10,24H,1-6H3,(H,19,22). The molecule has 0 aromatic heterocycles. The van der Waals surface area contributed by atoms with Crippen molar-refractivity contribution >= 4 is 27.7 Å². The van der Waals surface area contributed by atoms with Gasteiger partial charge in [-0.3, -0.25) is 10.0 Å². The molecule has 154 valence electrons. The van der Waals surface area contributed by atoms with Crippen molar-refractivity contribution in [1.29, 1.82) is 0 Å². The summed E-state index contributed by atoms with van der Waals surface area (Å²) >= 11 is 0. The molecule has 0 radical (unpaired) electrons. The van der Waals surface area contributed by atoms with Crippen LogP contribution in [0.3, 0.4) is 0 Å². The Balaban J connectivity index is 2.40. The van der Waals surface area contributed by atoms with Crippen molar-refractivity contribution in [3.63, 3.8) is 0 Å². The van der Waals surface area contributed by atoms with Crippen LogP contribution in [0.4, 0.5) is 4.79 Å². The molecular formula is C17H24N4O6S. The van der Waals surface area contributed by atoms with Crippen molar-refractivity contribution in [2.45, 2.75) is 43.7 Å². The van der Waals surface area contributed by atoms with Gasteiger partial charge in [-0.15, -0.1) is 0 Å². The summed E-state index contributed by atoms with van der Waals surface area (Å²) in [5, 5.41) is 14.5. The van der Waals surface area contributed by atoms with Gasteiger partial charge in [0.05, 0.1) is 4.90 Å². The number of amides is 2. The number of carbonyl (C=O) groups is 2. The monoisotopic (exact) mass is 412 g/mol. The third-order valence-corrected chi connectivity index (χ3v) is 5.90. The summed E-state index contributed by atoms with van der Waals surface area (Å²) in [6, 6.07) is 5.59. The van der Waals surface area contributed by atoms with Gasteiger partial charge in [0.1, 0.15) is 11.3 Å². The summed E-state index contributed by atoms with van der Waals surface area (Å²) < 4.78 is 30.6.